The Hall–Kier alpha value is -3.74. The van der Waals surface area contributed by atoms with Gasteiger partial charge < -0.3 is 9.40 Å². The first-order chi connectivity index (χ1) is 12.1. The normalized spacial score (nSPS) is 11.5. The van der Waals surface area contributed by atoms with Crippen LogP contribution in [0.3, 0.4) is 0 Å². The lowest BCUT2D eigenvalue weighted by molar-refractivity contribution is -0.384. The average Bonchev–Trinajstić information content (AvgIpc) is 3.03. The van der Waals surface area contributed by atoms with E-state index in [4.69, 9.17) is 4.42 Å². The predicted molar refractivity (Wildman–Crippen MR) is 94.2 cm³/mol. The molecule has 2 heterocycles. The van der Waals surface area contributed by atoms with Crippen molar-refractivity contribution in [2.75, 3.05) is 0 Å². The van der Waals surface area contributed by atoms with E-state index < -0.39 is 4.92 Å². The van der Waals surface area contributed by atoms with Gasteiger partial charge in [-0.15, -0.1) is 0 Å². The molecule has 0 aliphatic carbocycles. The number of fused-ring (bicyclic) bond motifs is 2. The van der Waals surface area contributed by atoms with E-state index in [2.05, 4.69) is 9.97 Å². The van der Waals surface area contributed by atoms with Gasteiger partial charge in [-0.1, -0.05) is 12.1 Å². The number of benzene rings is 2. The molecule has 0 unspecified atom stereocenters. The molecular weight excluding hydrogens is 322 g/mol. The Kier molecular flexibility index (Phi) is 3.39. The molecule has 0 saturated carbocycles. The van der Waals surface area contributed by atoms with Crippen LogP contribution in [0.15, 0.2) is 57.9 Å². The molecule has 0 saturated heterocycles. The van der Waals surface area contributed by atoms with Crippen LogP contribution in [0, 0.1) is 10.1 Å². The molecular formula is C18H11N3O4. The smallest absolute Gasteiger partial charge is 0.271 e. The summed E-state index contributed by atoms with van der Waals surface area (Å²) in [6.45, 7) is 0. The van der Waals surface area contributed by atoms with Gasteiger partial charge in [0.2, 0.25) is 0 Å². The highest BCUT2D eigenvalue weighted by atomic mass is 16.6. The third kappa shape index (κ3) is 2.67. The number of hydrogen-bond donors (Lipinski definition) is 1. The summed E-state index contributed by atoms with van der Waals surface area (Å²) in [6.07, 6.45) is 4.63. The van der Waals surface area contributed by atoms with Gasteiger partial charge in [0.1, 0.15) is 17.7 Å². The van der Waals surface area contributed by atoms with Crippen LogP contribution >= 0.6 is 0 Å². The lowest BCUT2D eigenvalue weighted by atomic mass is 10.1. The molecule has 0 fully saturated rings. The minimum Gasteiger partial charge on any atom is -0.463 e. The number of nitrogens with zero attached hydrogens (tertiary/aromatic N) is 2. The van der Waals surface area contributed by atoms with Gasteiger partial charge in [-0.05, 0) is 30.4 Å². The molecule has 4 rings (SSSR count). The van der Waals surface area contributed by atoms with Gasteiger partial charge in [0.05, 0.1) is 26.9 Å². The zero-order chi connectivity index (χ0) is 17.4. The number of nitro groups is 1. The van der Waals surface area contributed by atoms with E-state index in [1.807, 2.05) is 0 Å². The molecule has 4 aromatic rings. The van der Waals surface area contributed by atoms with Crippen LogP contribution < -0.4 is 5.43 Å². The molecule has 0 atom stereocenters. The fraction of sp³-hybridized carbons (Fsp3) is 0. The zero-order valence-electron chi connectivity index (χ0n) is 12.8. The summed E-state index contributed by atoms with van der Waals surface area (Å²) in [4.78, 5) is 30.1. The van der Waals surface area contributed by atoms with Crippen LogP contribution in [0.2, 0.25) is 0 Å². The molecule has 0 amide bonds. The first-order valence-corrected chi connectivity index (χ1v) is 7.44. The van der Waals surface area contributed by atoms with Crippen LogP contribution in [0.4, 0.5) is 5.69 Å². The Morgan fingerprint density at radius 1 is 1.16 bits per heavy atom. The number of aromatic amines is 1. The molecule has 122 valence electrons. The average molecular weight is 333 g/mol. The first-order valence-electron chi connectivity index (χ1n) is 7.44. The van der Waals surface area contributed by atoms with Crippen molar-refractivity contribution in [2.45, 2.75) is 0 Å². The minimum atomic E-state index is -0.462. The van der Waals surface area contributed by atoms with Crippen molar-refractivity contribution < 1.29 is 9.34 Å². The second-order valence-electron chi connectivity index (χ2n) is 5.43. The van der Waals surface area contributed by atoms with E-state index >= 15 is 0 Å². The molecule has 0 radical (unpaired) electrons. The maximum atomic E-state index is 12.4. The number of para-hydroxylation sites is 1. The summed E-state index contributed by atoms with van der Waals surface area (Å²) >= 11 is 0. The largest absolute Gasteiger partial charge is 0.463 e. The number of imidazole rings is 1. The second-order valence-corrected chi connectivity index (χ2v) is 5.43. The van der Waals surface area contributed by atoms with Crippen molar-refractivity contribution in [3.05, 3.63) is 80.5 Å². The first kappa shape index (κ1) is 14.8. The van der Waals surface area contributed by atoms with E-state index in [-0.39, 0.29) is 11.1 Å². The van der Waals surface area contributed by atoms with Crippen molar-refractivity contribution in [1.82, 2.24) is 9.97 Å². The maximum Gasteiger partial charge on any atom is 0.271 e. The molecule has 1 N–H and O–H groups in total. The van der Waals surface area contributed by atoms with E-state index in [9.17, 15) is 14.9 Å². The number of nitrogens with one attached hydrogen (secondary N) is 1. The van der Waals surface area contributed by atoms with Crippen LogP contribution in [0.5, 0.6) is 0 Å². The Morgan fingerprint density at radius 2 is 2.00 bits per heavy atom. The predicted octanol–water partition coefficient (Wildman–Crippen LogP) is 3.75. The van der Waals surface area contributed by atoms with Crippen molar-refractivity contribution in [1.29, 1.82) is 0 Å². The monoisotopic (exact) mass is 333 g/mol. The molecule has 2 aromatic carbocycles. The molecule has 0 aliphatic heterocycles. The lowest BCUT2D eigenvalue weighted by Gasteiger charge is -1.97. The summed E-state index contributed by atoms with van der Waals surface area (Å²) in [5.74, 6) is 0.489. The Balaban J connectivity index is 1.72. The number of nitro benzene ring substituents is 1. The van der Waals surface area contributed by atoms with Crippen molar-refractivity contribution in [2.24, 2.45) is 0 Å². The van der Waals surface area contributed by atoms with Gasteiger partial charge in [0.15, 0.2) is 5.43 Å². The third-order valence-electron chi connectivity index (χ3n) is 3.82. The van der Waals surface area contributed by atoms with Crippen molar-refractivity contribution >= 4 is 39.8 Å². The van der Waals surface area contributed by atoms with Gasteiger partial charge in [-0.2, -0.15) is 0 Å². The van der Waals surface area contributed by atoms with E-state index in [0.29, 0.717) is 33.4 Å². The summed E-state index contributed by atoms with van der Waals surface area (Å²) in [7, 11) is 0. The molecule has 7 heteroatoms. The fourth-order valence-electron chi connectivity index (χ4n) is 2.59. The van der Waals surface area contributed by atoms with Gasteiger partial charge in [0.25, 0.3) is 5.69 Å². The van der Waals surface area contributed by atoms with E-state index in [0.717, 1.165) is 0 Å². The van der Waals surface area contributed by atoms with Gasteiger partial charge in [0, 0.05) is 12.1 Å². The number of aromatic nitrogens is 2. The zero-order valence-corrected chi connectivity index (χ0v) is 12.8. The molecule has 0 aliphatic rings. The topological polar surface area (TPSA) is 102 Å². The number of non-ortho nitro benzene ring substituents is 1. The highest BCUT2D eigenvalue weighted by molar-refractivity contribution is 5.82. The van der Waals surface area contributed by atoms with E-state index in [1.54, 1.807) is 42.5 Å². The SMILES string of the molecule is O=c1c(C=Cc2nc3ccc([N+](=O)[O-])cc3[nH]2)coc2ccccc12. The fourth-order valence-corrected chi connectivity index (χ4v) is 2.59. The van der Waals surface area contributed by atoms with E-state index in [1.165, 1.54) is 18.4 Å². The number of rotatable bonds is 3. The molecule has 7 nitrogen and oxygen atoms in total. The second kappa shape index (κ2) is 5.72. The molecule has 2 aromatic heterocycles. The number of H-pyrrole nitrogens is 1. The van der Waals surface area contributed by atoms with Crippen molar-refractivity contribution in [3.63, 3.8) is 0 Å². The standard InChI is InChI=1S/C18H11N3O4/c22-18-11(10-25-16-4-2-1-3-13(16)18)5-8-17-19-14-7-6-12(21(23)24)9-15(14)20-17/h1-10H,(H,19,20). The summed E-state index contributed by atoms with van der Waals surface area (Å²) < 4.78 is 5.46. The summed E-state index contributed by atoms with van der Waals surface area (Å²) in [6, 6.07) is 11.4. The lowest BCUT2D eigenvalue weighted by Crippen LogP contribution is -2.04. The third-order valence-corrected chi connectivity index (χ3v) is 3.82. The molecule has 0 bridgehead atoms. The highest BCUT2D eigenvalue weighted by Gasteiger charge is 2.09. The van der Waals surface area contributed by atoms with Crippen molar-refractivity contribution in [3.8, 4) is 0 Å². The summed E-state index contributed by atoms with van der Waals surface area (Å²) in [5.41, 5.74) is 1.94. The Bertz CT molecular complexity index is 1200. The summed E-state index contributed by atoms with van der Waals surface area (Å²) in [5, 5.41) is 11.3. The number of hydrogen-bond acceptors (Lipinski definition) is 5. The van der Waals surface area contributed by atoms with Crippen LogP contribution in [0.25, 0.3) is 34.2 Å². The Morgan fingerprint density at radius 3 is 2.84 bits per heavy atom. The minimum absolute atomic E-state index is 0.0122. The molecule has 0 spiro atoms. The highest BCUT2D eigenvalue weighted by Crippen LogP contribution is 2.19. The maximum absolute atomic E-state index is 12.4. The van der Waals surface area contributed by atoms with Crippen LogP contribution in [0.1, 0.15) is 11.4 Å². The van der Waals surface area contributed by atoms with Gasteiger partial charge in [-0.3, -0.25) is 14.9 Å². The van der Waals surface area contributed by atoms with Gasteiger partial charge in [-0.25, -0.2) is 4.98 Å². The van der Waals surface area contributed by atoms with Crippen LogP contribution in [-0.4, -0.2) is 14.9 Å². The Labute approximate surface area is 140 Å². The quantitative estimate of drug-likeness (QED) is 0.454. The van der Waals surface area contributed by atoms with Gasteiger partial charge >= 0.3 is 0 Å². The van der Waals surface area contributed by atoms with Crippen LogP contribution in [-0.2, 0) is 0 Å². The molecule has 25 heavy (non-hydrogen) atoms.